The molecule has 0 bridgehead atoms. The Morgan fingerprint density at radius 1 is 1.57 bits per heavy atom. The highest BCUT2D eigenvalue weighted by Crippen LogP contribution is 2.30. The van der Waals surface area contributed by atoms with E-state index >= 15 is 0 Å². The number of nitrogens with two attached hydrogens (primary N) is 1. The van der Waals surface area contributed by atoms with Gasteiger partial charge in [-0.15, -0.1) is 0 Å². The number of aromatic amines is 1. The summed E-state index contributed by atoms with van der Waals surface area (Å²) in [6.07, 6.45) is 3.49. The summed E-state index contributed by atoms with van der Waals surface area (Å²) in [7, 11) is 1.87. The summed E-state index contributed by atoms with van der Waals surface area (Å²) in [4.78, 5) is 7.12. The van der Waals surface area contributed by atoms with Gasteiger partial charge in [-0.25, -0.2) is 4.98 Å². The highest BCUT2D eigenvalue weighted by molar-refractivity contribution is 7.99. The minimum absolute atomic E-state index is 0.717. The van der Waals surface area contributed by atoms with Gasteiger partial charge in [0.15, 0.2) is 5.16 Å². The maximum atomic E-state index is 5.87. The minimum Gasteiger partial charge on any atom is -0.395 e. The average molecular weight is 209 g/mol. The largest absolute Gasteiger partial charge is 0.395 e. The number of H-pyrrole nitrogens is 1. The van der Waals surface area contributed by atoms with Crippen LogP contribution >= 0.6 is 11.8 Å². The summed E-state index contributed by atoms with van der Waals surface area (Å²) in [5, 5.41) is 5.95. The summed E-state index contributed by atoms with van der Waals surface area (Å²) < 4.78 is 1.76. The number of rotatable bonds is 2. The lowest BCUT2D eigenvalue weighted by atomic mass is 10.4. The number of nitrogen functional groups attached to an aromatic ring is 1. The molecule has 14 heavy (non-hydrogen) atoms. The molecule has 2 rings (SSSR count). The Morgan fingerprint density at radius 3 is 2.86 bits per heavy atom. The predicted molar refractivity (Wildman–Crippen MR) is 55.1 cm³/mol. The van der Waals surface area contributed by atoms with Crippen molar-refractivity contribution in [2.45, 2.75) is 17.1 Å². The highest BCUT2D eigenvalue weighted by atomic mass is 32.2. The number of aromatic nitrogens is 4. The van der Waals surface area contributed by atoms with E-state index in [1.807, 2.05) is 14.0 Å². The van der Waals surface area contributed by atoms with Crippen LogP contribution in [0.2, 0.25) is 0 Å². The zero-order chi connectivity index (χ0) is 10.1. The second kappa shape index (κ2) is 3.38. The molecule has 0 aliphatic carbocycles. The number of hydrogen-bond acceptors (Lipinski definition) is 4. The van der Waals surface area contributed by atoms with Crippen LogP contribution in [-0.4, -0.2) is 19.7 Å². The van der Waals surface area contributed by atoms with Gasteiger partial charge in [0.05, 0.1) is 11.4 Å². The quantitative estimate of drug-likeness (QED) is 0.779. The summed E-state index contributed by atoms with van der Waals surface area (Å²) >= 11 is 1.48. The van der Waals surface area contributed by atoms with Gasteiger partial charge in [0.1, 0.15) is 5.03 Å². The van der Waals surface area contributed by atoms with E-state index < -0.39 is 0 Å². The highest BCUT2D eigenvalue weighted by Gasteiger charge is 2.12. The smallest absolute Gasteiger partial charge is 0.171 e. The standard InChI is InChI=1S/C8H11N5S/c1-5-6(9)7(13(2)12-5)14-8-10-3-4-11-8/h3-4H,9H2,1-2H3,(H,10,11). The van der Waals surface area contributed by atoms with Crippen molar-refractivity contribution < 1.29 is 0 Å². The van der Waals surface area contributed by atoms with Crippen molar-refractivity contribution in [3.05, 3.63) is 18.1 Å². The average Bonchev–Trinajstić information content (AvgIpc) is 2.71. The van der Waals surface area contributed by atoms with Crippen LogP contribution in [0.4, 0.5) is 5.69 Å². The molecule has 0 spiro atoms. The number of hydrogen-bond donors (Lipinski definition) is 2. The lowest BCUT2D eigenvalue weighted by Crippen LogP contribution is -1.94. The molecular weight excluding hydrogens is 198 g/mol. The summed E-state index contributed by atoms with van der Waals surface area (Å²) in [6.45, 7) is 1.89. The predicted octanol–water partition coefficient (Wildman–Crippen LogP) is 1.19. The Kier molecular flexibility index (Phi) is 2.20. The first-order valence-electron chi connectivity index (χ1n) is 4.15. The van der Waals surface area contributed by atoms with Gasteiger partial charge in [-0.2, -0.15) is 5.10 Å². The van der Waals surface area contributed by atoms with Crippen molar-refractivity contribution in [3.63, 3.8) is 0 Å². The van der Waals surface area contributed by atoms with Gasteiger partial charge in [-0.1, -0.05) is 0 Å². The van der Waals surface area contributed by atoms with Crippen LogP contribution in [0.25, 0.3) is 0 Å². The number of aryl methyl sites for hydroxylation is 2. The SMILES string of the molecule is Cc1nn(C)c(Sc2ncc[nH]2)c1N. The fourth-order valence-electron chi connectivity index (χ4n) is 1.17. The monoisotopic (exact) mass is 209 g/mol. The van der Waals surface area contributed by atoms with Crippen LogP contribution in [0.15, 0.2) is 22.6 Å². The molecule has 0 amide bonds. The van der Waals surface area contributed by atoms with Crippen LogP contribution in [0, 0.1) is 6.92 Å². The van der Waals surface area contributed by atoms with Gasteiger partial charge in [-0.3, -0.25) is 4.68 Å². The molecule has 6 heteroatoms. The number of nitrogens with one attached hydrogen (secondary N) is 1. The van der Waals surface area contributed by atoms with Crippen molar-refractivity contribution in [1.82, 2.24) is 19.7 Å². The second-order valence-corrected chi connectivity index (χ2v) is 3.90. The molecule has 0 aromatic carbocycles. The lowest BCUT2D eigenvalue weighted by molar-refractivity contribution is 0.692. The fourth-order valence-corrected chi connectivity index (χ4v) is 2.03. The summed E-state index contributed by atoms with van der Waals surface area (Å²) in [5.41, 5.74) is 7.44. The summed E-state index contributed by atoms with van der Waals surface area (Å²) in [5.74, 6) is 0. The van der Waals surface area contributed by atoms with E-state index in [0.717, 1.165) is 15.9 Å². The molecule has 0 atom stereocenters. The van der Waals surface area contributed by atoms with Crippen LogP contribution in [0.1, 0.15) is 5.69 Å². The van der Waals surface area contributed by atoms with Crippen LogP contribution in [0.3, 0.4) is 0 Å². The molecule has 2 heterocycles. The van der Waals surface area contributed by atoms with Gasteiger partial charge in [0.2, 0.25) is 0 Å². The molecule has 5 nitrogen and oxygen atoms in total. The molecule has 0 saturated carbocycles. The van der Waals surface area contributed by atoms with Crippen LogP contribution in [-0.2, 0) is 7.05 Å². The Hall–Kier alpha value is -1.43. The van der Waals surface area contributed by atoms with Crippen molar-refractivity contribution in [2.24, 2.45) is 7.05 Å². The first-order chi connectivity index (χ1) is 6.68. The molecule has 0 fully saturated rings. The number of imidazole rings is 1. The fraction of sp³-hybridized carbons (Fsp3) is 0.250. The minimum atomic E-state index is 0.717. The van der Waals surface area contributed by atoms with E-state index in [0.29, 0.717) is 5.69 Å². The molecule has 74 valence electrons. The molecular formula is C8H11N5S. The van der Waals surface area contributed by atoms with Crippen molar-refractivity contribution >= 4 is 17.4 Å². The molecule has 0 saturated heterocycles. The van der Waals surface area contributed by atoms with E-state index in [-0.39, 0.29) is 0 Å². The van der Waals surface area contributed by atoms with Crippen molar-refractivity contribution in [2.75, 3.05) is 5.73 Å². The Balaban J connectivity index is 2.33. The maximum absolute atomic E-state index is 5.87. The first-order valence-corrected chi connectivity index (χ1v) is 4.96. The van der Waals surface area contributed by atoms with E-state index in [9.17, 15) is 0 Å². The zero-order valence-corrected chi connectivity index (χ0v) is 8.80. The number of anilines is 1. The van der Waals surface area contributed by atoms with E-state index in [2.05, 4.69) is 15.1 Å². The first kappa shape index (κ1) is 9.14. The third kappa shape index (κ3) is 1.48. The Bertz CT molecular complexity index is 431. The van der Waals surface area contributed by atoms with Crippen molar-refractivity contribution in [1.29, 1.82) is 0 Å². The second-order valence-electron chi connectivity index (χ2n) is 2.92. The third-order valence-electron chi connectivity index (χ3n) is 1.88. The number of nitrogens with zero attached hydrogens (tertiary/aromatic N) is 3. The molecule has 3 N–H and O–H groups in total. The van der Waals surface area contributed by atoms with Gasteiger partial charge < -0.3 is 10.7 Å². The topological polar surface area (TPSA) is 72.5 Å². The summed E-state index contributed by atoms with van der Waals surface area (Å²) in [6, 6.07) is 0. The molecule has 0 unspecified atom stereocenters. The van der Waals surface area contributed by atoms with Gasteiger partial charge in [-0.05, 0) is 18.7 Å². The van der Waals surface area contributed by atoms with Gasteiger partial charge >= 0.3 is 0 Å². The third-order valence-corrected chi connectivity index (χ3v) is 2.97. The Labute approximate surface area is 85.7 Å². The molecule has 2 aromatic heterocycles. The van der Waals surface area contributed by atoms with Gasteiger partial charge in [0.25, 0.3) is 0 Å². The van der Waals surface area contributed by atoms with E-state index in [1.54, 1.807) is 17.1 Å². The maximum Gasteiger partial charge on any atom is 0.171 e. The molecule has 2 aromatic rings. The van der Waals surface area contributed by atoms with Crippen molar-refractivity contribution in [3.8, 4) is 0 Å². The van der Waals surface area contributed by atoms with E-state index in [4.69, 9.17) is 5.73 Å². The molecule has 0 aliphatic rings. The van der Waals surface area contributed by atoms with Gasteiger partial charge in [0, 0.05) is 19.4 Å². The lowest BCUT2D eigenvalue weighted by Gasteiger charge is -1.99. The molecule has 0 aliphatic heterocycles. The normalized spacial score (nSPS) is 10.7. The Morgan fingerprint density at radius 2 is 2.36 bits per heavy atom. The zero-order valence-electron chi connectivity index (χ0n) is 7.98. The van der Waals surface area contributed by atoms with Crippen LogP contribution in [0.5, 0.6) is 0 Å². The van der Waals surface area contributed by atoms with E-state index in [1.165, 1.54) is 11.8 Å². The van der Waals surface area contributed by atoms with Crippen LogP contribution < -0.4 is 5.73 Å². The molecule has 0 radical (unpaired) electrons.